The minimum atomic E-state index is -0.307. The molecule has 0 amide bonds. The summed E-state index contributed by atoms with van der Waals surface area (Å²) in [7, 11) is 0. The number of benzene rings is 2. The molecular weight excluding hydrogens is 326 g/mol. The van der Waals surface area contributed by atoms with Gasteiger partial charge < -0.3 is 14.8 Å². The molecule has 0 atom stereocenters. The van der Waals surface area contributed by atoms with Gasteiger partial charge in [0.15, 0.2) is 0 Å². The lowest BCUT2D eigenvalue weighted by atomic mass is 10.2. The fourth-order valence-corrected chi connectivity index (χ4v) is 2.38. The average molecular weight is 348 g/mol. The molecule has 0 spiro atoms. The molecule has 2 aromatic carbocycles. The van der Waals surface area contributed by atoms with Crippen molar-refractivity contribution in [1.82, 2.24) is 0 Å². The lowest BCUT2D eigenvalue weighted by molar-refractivity contribution is 0.0526. The highest BCUT2D eigenvalue weighted by molar-refractivity contribution is 6.32. The van der Waals surface area contributed by atoms with E-state index >= 15 is 0 Å². The summed E-state index contributed by atoms with van der Waals surface area (Å²) in [5.74, 6) is 0.402. The molecule has 0 saturated heterocycles. The Hall–Kier alpha value is -2.20. The van der Waals surface area contributed by atoms with E-state index in [1.807, 2.05) is 30.3 Å². The van der Waals surface area contributed by atoms with Crippen LogP contribution in [-0.2, 0) is 11.3 Å². The second kappa shape index (κ2) is 9.18. The number of rotatable bonds is 8. The highest BCUT2D eigenvalue weighted by Crippen LogP contribution is 2.26. The highest BCUT2D eigenvalue weighted by atomic mass is 35.5. The smallest absolute Gasteiger partial charge is 0.338 e. The van der Waals surface area contributed by atoms with Crippen molar-refractivity contribution in [2.75, 3.05) is 18.5 Å². The van der Waals surface area contributed by atoms with Gasteiger partial charge in [-0.25, -0.2) is 4.79 Å². The molecule has 24 heavy (non-hydrogen) atoms. The summed E-state index contributed by atoms with van der Waals surface area (Å²) in [4.78, 5) is 11.6. The number of halogens is 1. The molecule has 0 aromatic heterocycles. The molecule has 0 saturated carbocycles. The summed E-state index contributed by atoms with van der Waals surface area (Å²) < 4.78 is 10.5. The molecule has 0 heterocycles. The van der Waals surface area contributed by atoms with Crippen molar-refractivity contribution in [1.29, 1.82) is 0 Å². The average Bonchev–Trinajstić information content (AvgIpc) is 2.60. The van der Waals surface area contributed by atoms with E-state index in [1.165, 1.54) is 0 Å². The van der Waals surface area contributed by atoms with Crippen LogP contribution < -0.4 is 10.1 Å². The van der Waals surface area contributed by atoms with Crippen molar-refractivity contribution in [3.05, 3.63) is 58.6 Å². The Bertz CT molecular complexity index is 671. The van der Waals surface area contributed by atoms with Crippen LogP contribution in [-0.4, -0.2) is 19.2 Å². The first-order chi connectivity index (χ1) is 11.6. The van der Waals surface area contributed by atoms with E-state index in [0.29, 0.717) is 36.1 Å². The second-order valence-corrected chi connectivity index (χ2v) is 5.67. The van der Waals surface area contributed by atoms with E-state index < -0.39 is 0 Å². The first-order valence-corrected chi connectivity index (χ1v) is 8.44. The molecule has 0 unspecified atom stereocenters. The van der Waals surface area contributed by atoms with Crippen LogP contribution in [0, 0.1) is 0 Å². The van der Waals surface area contributed by atoms with Crippen molar-refractivity contribution in [3.8, 4) is 5.75 Å². The molecule has 0 fully saturated rings. The van der Waals surface area contributed by atoms with Gasteiger partial charge in [-0.15, -0.1) is 0 Å². The Morgan fingerprint density at radius 1 is 1.12 bits per heavy atom. The Balaban J connectivity index is 1.93. The van der Waals surface area contributed by atoms with Crippen LogP contribution in [0.1, 0.15) is 36.2 Å². The number of nitrogens with one attached hydrogen (secondary N) is 1. The van der Waals surface area contributed by atoms with Crippen molar-refractivity contribution in [2.45, 2.75) is 26.8 Å². The number of ether oxygens (including phenoxy) is 2. The quantitative estimate of drug-likeness (QED) is 0.689. The first-order valence-electron chi connectivity index (χ1n) is 8.06. The van der Waals surface area contributed by atoms with Crippen LogP contribution in [0.15, 0.2) is 42.5 Å². The molecule has 0 aliphatic carbocycles. The molecule has 2 rings (SSSR count). The summed E-state index contributed by atoms with van der Waals surface area (Å²) in [6.45, 7) is 5.51. The minimum Gasteiger partial charge on any atom is -0.492 e. The number of carbonyl (C=O) groups is 1. The number of hydrogen-bond donors (Lipinski definition) is 1. The van der Waals surface area contributed by atoms with E-state index in [-0.39, 0.29) is 5.97 Å². The predicted molar refractivity (Wildman–Crippen MR) is 97.0 cm³/mol. The second-order valence-electron chi connectivity index (χ2n) is 5.26. The molecule has 0 aliphatic rings. The van der Waals surface area contributed by atoms with E-state index in [2.05, 4.69) is 12.2 Å². The van der Waals surface area contributed by atoms with Crippen molar-refractivity contribution < 1.29 is 14.3 Å². The van der Waals surface area contributed by atoms with Crippen molar-refractivity contribution >= 4 is 23.3 Å². The fraction of sp³-hybridized carbons (Fsp3) is 0.316. The maximum Gasteiger partial charge on any atom is 0.338 e. The zero-order valence-corrected chi connectivity index (χ0v) is 14.7. The molecule has 0 bridgehead atoms. The van der Waals surface area contributed by atoms with Gasteiger partial charge in [0.05, 0.1) is 23.8 Å². The third-order valence-electron chi connectivity index (χ3n) is 3.35. The van der Waals surface area contributed by atoms with E-state index in [0.717, 1.165) is 17.7 Å². The largest absolute Gasteiger partial charge is 0.492 e. The molecule has 1 N–H and O–H groups in total. The number of carbonyl (C=O) groups excluding carboxylic acids is 1. The van der Waals surface area contributed by atoms with Crippen LogP contribution in [0.5, 0.6) is 5.75 Å². The highest BCUT2D eigenvalue weighted by Gasteiger charge is 2.06. The van der Waals surface area contributed by atoms with E-state index in [1.54, 1.807) is 19.1 Å². The lowest BCUT2D eigenvalue weighted by Gasteiger charge is -2.10. The van der Waals surface area contributed by atoms with Crippen molar-refractivity contribution in [3.63, 3.8) is 0 Å². The van der Waals surface area contributed by atoms with Crippen LogP contribution in [0.4, 0.5) is 5.69 Å². The topological polar surface area (TPSA) is 47.6 Å². The van der Waals surface area contributed by atoms with Gasteiger partial charge in [0.25, 0.3) is 0 Å². The normalized spacial score (nSPS) is 10.3. The Morgan fingerprint density at radius 3 is 2.50 bits per heavy atom. The molecule has 2 aromatic rings. The fourth-order valence-electron chi connectivity index (χ4n) is 2.13. The summed E-state index contributed by atoms with van der Waals surface area (Å²) >= 11 is 6.23. The maximum atomic E-state index is 11.6. The molecule has 0 radical (unpaired) electrons. The monoisotopic (exact) mass is 347 g/mol. The van der Waals surface area contributed by atoms with Gasteiger partial charge in [-0.1, -0.05) is 24.6 Å². The summed E-state index contributed by atoms with van der Waals surface area (Å²) in [5, 5.41) is 3.91. The van der Waals surface area contributed by atoms with Gasteiger partial charge in [0.1, 0.15) is 5.75 Å². The zero-order valence-electron chi connectivity index (χ0n) is 14.0. The lowest BCUT2D eigenvalue weighted by Crippen LogP contribution is -2.05. The van der Waals surface area contributed by atoms with Crippen LogP contribution in [0.25, 0.3) is 0 Å². The number of anilines is 1. The molecule has 5 heteroatoms. The summed E-state index contributed by atoms with van der Waals surface area (Å²) in [5.41, 5.74) is 2.52. The van der Waals surface area contributed by atoms with E-state index in [4.69, 9.17) is 21.1 Å². The minimum absolute atomic E-state index is 0.307. The van der Waals surface area contributed by atoms with Gasteiger partial charge in [0, 0.05) is 12.2 Å². The van der Waals surface area contributed by atoms with E-state index in [9.17, 15) is 4.79 Å². The summed E-state index contributed by atoms with van der Waals surface area (Å²) in [6, 6.07) is 13.0. The SMILES string of the molecule is CCCOc1ccc(CNc2ccc(C(=O)OCC)cc2)cc1Cl. The Morgan fingerprint density at radius 2 is 1.88 bits per heavy atom. The Kier molecular flexibility index (Phi) is 6.94. The molecular formula is C19H22ClNO3. The molecule has 4 nitrogen and oxygen atoms in total. The van der Waals surface area contributed by atoms with Crippen LogP contribution in [0.2, 0.25) is 5.02 Å². The van der Waals surface area contributed by atoms with Gasteiger partial charge in [-0.2, -0.15) is 0 Å². The number of hydrogen-bond acceptors (Lipinski definition) is 4. The standard InChI is InChI=1S/C19H22ClNO3/c1-3-11-24-18-10-5-14(12-17(18)20)13-21-16-8-6-15(7-9-16)19(22)23-4-2/h5-10,12,21H,3-4,11,13H2,1-2H3. The van der Waals surface area contributed by atoms with Gasteiger partial charge >= 0.3 is 5.97 Å². The zero-order chi connectivity index (χ0) is 17.4. The Labute approximate surface area is 147 Å². The third kappa shape index (κ3) is 5.17. The van der Waals surface area contributed by atoms with Gasteiger partial charge in [-0.3, -0.25) is 0 Å². The first kappa shape index (κ1) is 18.1. The molecule has 128 valence electrons. The maximum absolute atomic E-state index is 11.6. The predicted octanol–water partition coefficient (Wildman–Crippen LogP) is 4.92. The molecule has 0 aliphatic heterocycles. The van der Waals surface area contributed by atoms with Gasteiger partial charge in [0.2, 0.25) is 0 Å². The summed E-state index contributed by atoms with van der Waals surface area (Å²) in [6.07, 6.45) is 0.946. The third-order valence-corrected chi connectivity index (χ3v) is 3.65. The number of esters is 1. The van der Waals surface area contributed by atoms with Crippen molar-refractivity contribution in [2.24, 2.45) is 0 Å². The van der Waals surface area contributed by atoms with Crippen LogP contribution >= 0.6 is 11.6 Å². The van der Waals surface area contributed by atoms with Gasteiger partial charge in [-0.05, 0) is 55.3 Å². The van der Waals surface area contributed by atoms with Crippen LogP contribution in [0.3, 0.4) is 0 Å².